The van der Waals surface area contributed by atoms with Gasteiger partial charge in [-0.15, -0.1) is 0 Å². The van der Waals surface area contributed by atoms with Crippen molar-refractivity contribution in [3.63, 3.8) is 0 Å². The van der Waals surface area contributed by atoms with E-state index in [4.69, 9.17) is 0 Å². The van der Waals surface area contributed by atoms with E-state index in [-0.39, 0.29) is 5.91 Å². The lowest BCUT2D eigenvalue weighted by molar-refractivity contribution is -0.121. The Balaban J connectivity index is 1.64. The smallest absolute Gasteiger partial charge is 0.221 e. The molecule has 0 spiro atoms. The van der Waals surface area contributed by atoms with Gasteiger partial charge in [-0.1, -0.05) is 0 Å². The van der Waals surface area contributed by atoms with E-state index in [0.29, 0.717) is 18.5 Å². The summed E-state index contributed by atoms with van der Waals surface area (Å²) >= 11 is 0. The van der Waals surface area contributed by atoms with Gasteiger partial charge in [0, 0.05) is 44.7 Å². The molecule has 0 aromatic rings. The number of hydrogen-bond donors (Lipinski definition) is 2. The summed E-state index contributed by atoms with van der Waals surface area (Å²) in [6, 6.07) is 1.06. The largest absolute Gasteiger partial charge is 0.353 e. The second-order valence-electron chi connectivity index (χ2n) is 4.68. The van der Waals surface area contributed by atoms with Crippen LogP contribution in [0.3, 0.4) is 0 Å². The zero-order chi connectivity index (χ0) is 10.7. The molecule has 1 aliphatic heterocycles. The Bertz CT molecular complexity index is 228. The van der Waals surface area contributed by atoms with Crippen LogP contribution in [0.4, 0.5) is 0 Å². The van der Waals surface area contributed by atoms with Gasteiger partial charge in [-0.25, -0.2) is 0 Å². The lowest BCUT2D eigenvalue weighted by atomic mass is 10.2. The van der Waals surface area contributed by atoms with Crippen LogP contribution in [0, 0.1) is 0 Å². The van der Waals surface area contributed by atoms with Crippen molar-refractivity contribution in [2.75, 3.05) is 26.2 Å². The number of amides is 1. The molecule has 4 nitrogen and oxygen atoms in total. The van der Waals surface area contributed by atoms with E-state index in [9.17, 15) is 4.79 Å². The molecule has 4 heteroatoms. The van der Waals surface area contributed by atoms with Gasteiger partial charge >= 0.3 is 0 Å². The topological polar surface area (TPSA) is 44.4 Å². The number of nitrogens with zero attached hydrogens (tertiary/aromatic N) is 1. The number of carbonyl (C=O) groups is 1. The van der Waals surface area contributed by atoms with Crippen molar-refractivity contribution in [3.05, 3.63) is 0 Å². The first kappa shape index (κ1) is 10.9. The van der Waals surface area contributed by atoms with E-state index in [2.05, 4.69) is 22.5 Å². The molecule has 86 valence electrons. The van der Waals surface area contributed by atoms with Crippen LogP contribution < -0.4 is 10.6 Å². The summed E-state index contributed by atoms with van der Waals surface area (Å²) in [5.74, 6) is 0.225. The Kier molecular flexibility index (Phi) is 3.59. The van der Waals surface area contributed by atoms with Crippen molar-refractivity contribution < 1.29 is 4.79 Å². The van der Waals surface area contributed by atoms with Crippen molar-refractivity contribution in [1.29, 1.82) is 0 Å². The van der Waals surface area contributed by atoms with Crippen LogP contribution in [0.25, 0.3) is 0 Å². The zero-order valence-corrected chi connectivity index (χ0v) is 9.46. The van der Waals surface area contributed by atoms with Crippen molar-refractivity contribution in [1.82, 2.24) is 15.5 Å². The van der Waals surface area contributed by atoms with Gasteiger partial charge in [0.2, 0.25) is 5.91 Å². The van der Waals surface area contributed by atoms with Crippen molar-refractivity contribution >= 4 is 5.91 Å². The van der Waals surface area contributed by atoms with Gasteiger partial charge in [0.25, 0.3) is 0 Å². The third kappa shape index (κ3) is 3.47. The molecule has 1 saturated heterocycles. The summed E-state index contributed by atoms with van der Waals surface area (Å²) in [4.78, 5) is 13.9. The predicted molar refractivity (Wildman–Crippen MR) is 59.7 cm³/mol. The third-order valence-corrected chi connectivity index (χ3v) is 3.21. The first-order valence-electron chi connectivity index (χ1n) is 6.00. The summed E-state index contributed by atoms with van der Waals surface area (Å²) in [7, 11) is 0. The van der Waals surface area contributed by atoms with Gasteiger partial charge in [-0.2, -0.15) is 0 Å². The molecule has 0 unspecified atom stereocenters. The first-order chi connectivity index (χ1) is 7.25. The Labute approximate surface area is 91.4 Å². The highest BCUT2D eigenvalue weighted by molar-refractivity contribution is 5.76. The Hall–Kier alpha value is -0.610. The molecular weight excluding hydrogens is 190 g/mol. The number of carbonyl (C=O) groups excluding carboxylic acids is 1. The summed E-state index contributed by atoms with van der Waals surface area (Å²) in [6.07, 6.45) is 3.01. The molecule has 0 aromatic carbocycles. The van der Waals surface area contributed by atoms with Crippen molar-refractivity contribution in [3.8, 4) is 0 Å². The van der Waals surface area contributed by atoms with Crippen LogP contribution in [0.5, 0.6) is 0 Å². The molecule has 0 bridgehead atoms. The molecule has 1 aliphatic carbocycles. The van der Waals surface area contributed by atoms with Gasteiger partial charge in [0.15, 0.2) is 0 Å². The van der Waals surface area contributed by atoms with Crippen LogP contribution in [0.15, 0.2) is 0 Å². The lowest BCUT2D eigenvalue weighted by Gasteiger charge is -2.33. The molecule has 0 aromatic heterocycles. The monoisotopic (exact) mass is 211 g/mol. The average molecular weight is 211 g/mol. The minimum absolute atomic E-state index is 0.225. The molecular formula is C11H21N3O. The van der Waals surface area contributed by atoms with Crippen LogP contribution in [-0.4, -0.2) is 49.1 Å². The second kappa shape index (κ2) is 4.94. The molecule has 1 saturated carbocycles. The van der Waals surface area contributed by atoms with E-state index < -0.39 is 0 Å². The fourth-order valence-electron chi connectivity index (χ4n) is 1.99. The van der Waals surface area contributed by atoms with E-state index in [1.54, 1.807) is 0 Å². The number of piperazine rings is 1. The lowest BCUT2D eigenvalue weighted by Crippen LogP contribution is -2.50. The first-order valence-corrected chi connectivity index (χ1v) is 6.00. The SMILES string of the molecule is C[C@H]1CNCCN1CCC(=O)NC1CC1. The van der Waals surface area contributed by atoms with E-state index >= 15 is 0 Å². The minimum atomic E-state index is 0.225. The van der Waals surface area contributed by atoms with Crippen LogP contribution >= 0.6 is 0 Å². The van der Waals surface area contributed by atoms with Gasteiger partial charge < -0.3 is 10.6 Å². The molecule has 1 heterocycles. The summed E-state index contributed by atoms with van der Waals surface area (Å²) in [5, 5.41) is 6.38. The minimum Gasteiger partial charge on any atom is -0.353 e. The summed E-state index contributed by atoms with van der Waals surface area (Å²) in [5.41, 5.74) is 0. The average Bonchev–Trinajstić information content (AvgIpc) is 3.00. The molecule has 2 N–H and O–H groups in total. The van der Waals surface area contributed by atoms with E-state index in [0.717, 1.165) is 26.2 Å². The van der Waals surface area contributed by atoms with Crippen LogP contribution in [0.1, 0.15) is 26.2 Å². The molecule has 2 rings (SSSR count). The third-order valence-electron chi connectivity index (χ3n) is 3.21. The fraction of sp³-hybridized carbons (Fsp3) is 0.909. The summed E-state index contributed by atoms with van der Waals surface area (Å²) < 4.78 is 0. The Morgan fingerprint density at radius 3 is 3.00 bits per heavy atom. The van der Waals surface area contributed by atoms with Gasteiger partial charge in [0.1, 0.15) is 0 Å². The molecule has 2 fully saturated rings. The van der Waals surface area contributed by atoms with Crippen LogP contribution in [0.2, 0.25) is 0 Å². The quantitative estimate of drug-likeness (QED) is 0.685. The number of hydrogen-bond acceptors (Lipinski definition) is 3. The maximum absolute atomic E-state index is 11.5. The standard InChI is InChI=1S/C11H21N3O/c1-9-8-12-5-7-14(9)6-4-11(15)13-10-2-3-10/h9-10,12H,2-8H2,1H3,(H,13,15)/t9-/m0/s1. The van der Waals surface area contributed by atoms with E-state index in [1.165, 1.54) is 12.8 Å². The number of rotatable bonds is 4. The highest BCUT2D eigenvalue weighted by Gasteiger charge is 2.24. The summed E-state index contributed by atoms with van der Waals surface area (Å²) in [6.45, 7) is 6.28. The van der Waals surface area contributed by atoms with Gasteiger partial charge in [-0.05, 0) is 19.8 Å². The maximum atomic E-state index is 11.5. The highest BCUT2D eigenvalue weighted by Crippen LogP contribution is 2.18. The molecule has 1 amide bonds. The Morgan fingerprint density at radius 1 is 1.53 bits per heavy atom. The van der Waals surface area contributed by atoms with Gasteiger partial charge in [-0.3, -0.25) is 9.69 Å². The van der Waals surface area contributed by atoms with Gasteiger partial charge in [0.05, 0.1) is 0 Å². The van der Waals surface area contributed by atoms with Crippen molar-refractivity contribution in [2.45, 2.75) is 38.3 Å². The molecule has 2 aliphatic rings. The number of nitrogens with one attached hydrogen (secondary N) is 2. The molecule has 15 heavy (non-hydrogen) atoms. The molecule has 1 atom stereocenters. The highest BCUT2D eigenvalue weighted by atomic mass is 16.1. The second-order valence-corrected chi connectivity index (χ2v) is 4.68. The molecule has 0 radical (unpaired) electrons. The van der Waals surface area contributed by atoms with E-state index in [1.807, 2.05) is 0 Å². The zero-order valence-electron chi connectivity index (χ0n) is 9.46. The van der Waals surface area contributed by atoms with Crippen LogP contribution in [-0.2, 0) is 4.79 Å². The normalized spacial score (nSPS) is 27.7. The predicted octanol–water partition coefficient (Wildman–Crippen LogP) is -0.0512. The van der Waals surface area contributed by atoms with Crippen molar-refractivity contribution in [2.24, 2.45) is 0 Å². The Morgan fingerprint density at radius 2 is 2.33 bits per heavy atom. The maximum Gasteiger partial charge on any atom is 0.221 e. The fourth-order valence-corrected chi connectivity index (χ4v) is 1.99.